The van der Waals surface area contributed by atoms with Crippen LogP contribution in [0.3, 0.4) is 0 Å². The minimum atomic E-state index is 0.937. The van der Waals surface area contributed by atoms with E-state index < -0.39 is 0 Å². The minimum Gasteiger partial charge on any atom is -0.293 e. The molecule has 9 aromatic rings. The first kappa shape index (κ1) is 25.0. The van der Waals surface area contributed by atoms with Gasteiger partial charge in [-0.05, 0) is 82.4 Å². The van der Waals surface area contributed by atoms with E-state index >= 15 is 0 Å². The van der Waals surface area contributed by atoms with Crippen molar-refractivity contribution < 1.29 is 0 Å². The van der Waals surface area contributed by atoms with Crippen LogP contribution < -0.4 is 0 Å². The first-order valence-electron chi connectivity index (χ1n) is 15.5. The van der Waals surface area contributed by atoms with Gasteiger partial charge in [0.25, 0.3) is 0 Å². The van der Waals surface area contributed by atoms with Gasteiger partial charge in [-0.15, -0.1) is 0 Å². The quantitative estimate of drug-likeness (QED) is 0.202. The Labute approximate surface area is 264 Å². The molecule has 0 aliphatic heterocycles. The molecule has 5 aromatic heterocycles. The van der Waals surface area contributed by atoms with E-state index in [9.17, 15) is 0 Å². The molecule has 0 N–H and O–H groups in total. The summed E-state index contributed by atoms with van der Waals surface area (Å²) >= 11 is 0. The Morgan fingerprint density at radius 3 is 1.61 bits per heavy atom. The van der Waals surface area contributed by atoms with Gasteiger partial charge in [-0.25, -0.2) is 0 Å². The average molecular weight is 588 g/mol. The van der Waals surface area contributed by atoms with Gasteiger partial charge < -0.3 is 0 Å². The van der Waals surface area contributed by atoms with E-state index in [1.807, 2.05) is 36.8 Å². The molecule has 0 radical (unpaired) electrons. The summed E-state index contributed by atoms with van der Waals surface area (Å²) in [5.41, 5.74) is 16.3. The molecular weight excluding hydrogens is 562 g/mol. The Morgan fingerprint density at radius 1 is 0.370 bits per heavy atom. The van der Waals surface area contributed by atoms with Gasteiger partial charge in [0.05, 0.1) is 22.1 Å². The minimum absolute atomic E-state index is 0.937. The van der Waals surface area contributed by atoms with E-state index in [0.717, 1.165) is 72.4 Å². The monoisotopic (exact) mass is 587 g/mol. The summed E-state index contributed by atoms with van der Waals surface area (Å²) in [6, 6.07) is 47.3. The maximum absolute atomic E-state index is 4.94. The third-order valence-electron chi connectivity index (χ3n) is 9.24. The second-order valence-corrected chi connectivity index (χ2v) is 11.7. The Morgan fingerprint density at radius 2 is 0.891 bits per heavy atom. The predicted octanol–water partition coefficient (Wildman–Crippen LogP) is 9.89. The van der Waals surface area contributed by atoms with Crippen molar-refractivity contribution in [3.8, 4) is 56.0 Å². The van der Waals surface area contributed by atoms with Crippen LogP contribution in [0, 0.1) is 0 Å². The summed E-state index contributed by atoms with van der Waals surface area (Å²) in [6.45, 7) is 0. The van der Waals surface area contributed by atoms with Crippen LogP contribution in [0.2, 0.25) is 0 Å². The molecule has 0 spiro atoms. The molecule has 5 heteroatoms. The van der Waals surface area contributed by atoms with Crippen molar-refractivity contribution in [2.45, 2.75) is 0 Å². The molecule has 0 amide bonds. The molecule has 1 aliphatic rings. The molecule has 46 heavy (non-hydrogen) atoms. The Bertz CT molecular complexity index is 2640. The number of hydrogen-bond acceptors (Lipinski definition) is 3. The maximum atomic E-state index is 4.94. The topological polar surface area (TPSA) is 48.5 Å². The second-order valence-electron chi connectivity index (χ2n) is 11.7. The van der Waals surface area contributed by atoms with Crippen LogP contribution in [-0.4, -0.2) is 24.1 Å². The molecule has 1 aliphatic carbocycles. The fourth-order valence-electron chi connectivity index (χ4n) is 7.36. The summed E-state index contributed by atoms with van der Waals surface area (Å²) in [6.07, 6.45) is 5.64. The van der Waals surface area contributed by atoms with Crippen LogP contribution in [0.15, 0.2) is 152 Å². The van der Waals surface area contributed by atoms with Crippen molar-refractivity contribution in [1.82, 2.24) is 24.1 Å². The average Bonchev–Trinajstić information content (AvgIpc) is 3.64. The van der Waals surface area contributed by atoms with Gasteiger partial charge in [-0.1, -0.05) is 78.9 Å². The Balaban J connectivity index is 1.35. The molecule has 5 nitrogen and oxygen atoms in total. The van der Waals surface area contributed by atoms with Crippen LogP contribution in [-0.2, 0) is 0 Å². The van der Waals surface area contributed by atoms with E-state index in [1.165, 1.54) is 16.7 Å². The van der Waals surface area contributed by atoms with Crippen molar-refractivity contribution in [3.05, 3.63) is 152 Å². The van der Waals surface area contributed by atoms with E-state index in [1.54, 1.807) is 0 Å². The number of rotatable bonds is 2. The van der Waals surface area contributed by atoms with Crippen LogP contribution >= 0.6 is 0 Å². The van der Waals surface area contributed by atoms with E-state index in [4.69, 9.17) is 15.0 Å². The van der Waals surface area contributed by atoms with Crippen molar-refractivity contribution in [2.24, 2.45) is 0 Å². The highest BCUT2D eigenvalue weighted by molar-refractivity contribution is 6.20. The van der Waals surface area contributed by atoms with Gasteiger partial charge >= 0.3 is 0 Å². The number of benzene rings is 4. The first-order valence-corrected chi connectivity index (χ1v) is 15.5. The second kappa shape index (κ2) is 9.58. The van der Waals surface area contributed by atoms with Gasteiger partial charge in [0, 0.05) is 41.1 Å². The lowest BCUT2D eigenvalue weighted by molar-refractivity contribution is 1.07. The molecule has 0 atom stereocenters. The van der Waals surface area contributed by atoms with Gasteiger partial charge in [-0.3, -0.25) is 24.1 Å². The van der Waals surface area contributed by atoms with Crippen molar-refractivity contribution >= 4 is 33.1 Å². The fraction of sp³-hybridized carbons (Fsp3) is 0. The lowest BCUT2D eigenvalue weighted by Gasteiger charge is -2.23. The highest BCUT2D eigenvalue weighted by Gasteiger charge is 2.26. The molecule has 10 rings (SSSR count). The molecule has 0 saturated carbocycles. The fourth-order valence-corrected chi connectivity index (χ4v) is 7.36. The standard InChI is InChI=1S/C41H25N5/c1-2-11-26(12-3-1)45-35-18-9-23-43-39(35)37-40-36(19-10-24-44-40)46(41(37)45)27-20-21-31-28-13-4-5-14-29(28)33-17-8-22-42-38(33)32-16-7-6-15-30(32)34(31)25-27/h1-25H. The molecule has 0 bridgehead atoms. The normalized spacial score (nSPS) is 11.9. The van der Waals surface area contributed by atoms with Crippen LogP contribution in [0.1, 0.15) is 0 Å². The zero-order chi connectivity index (χ0) is 30.2. The van der Waals surface area contributed by atoms with Crippen LogP contribution in [0.4, 0.5) is 0 Å². The highest BCUT2D eigenvalue weighted by atomic mass is 15.2. The van der Waals surface area contributed by atoms with Gasteiger partial charge in [0.15, 0.2) is 0 Å². The van der Waals surface area contributed by atoms with Gasteiger partial charge in [0.1, 0.15) is 16.7 Å². The summed E-state index contributed by atoms with van der Waals surface area (Å²) < 4.78 is 4.67. The van der Waals surface area contributed by atoms with E-state index in [0.29, 0.717) is 0 Å². The third-order valence-corrected chi connectivity index (χ3v) is 9.24. The lowest BCUT2D eigenvalue weighted by Crippen LogP contribution is -2.03. The van der Waals surface area contributed by atoms with E-state index in [-0.39, 0.29) is 0 Å². The molecule has 0 fully saturated rings. The number of pyridine rings is 3. The highest BCUT2D eigenvalue weighted by Crippen LogP contribution is 2.48. The first-order chi connectivity index (χ1) is 22.9. The van der Waals surface area contributed by atoms with E-state index in [2.05, 4.69) is 124 Å². The van der Waals surface area contributed by atoms with Crippen molar-refractivity contribution in [2.75, 3.05) is 0 Å². The predicted molar refractivity (Wildman–Crippen MR) is 186 cm³/mol. The van der Waals surface area contributed by atoms with Gasteiger partial charge in [-0.2, -0.15) is 0 Å². The molecular formula is C41H25N5. The molecule has 4 aromatic carbocycles. The van der Waals surface area contributed by atoms with Crippen molar-refractivity contribution in [3.63, 3.8) is 0 Å². The number of hydrogen-bond donors (Lipinski definition) is 0. The Hall–Kier alpha value is -6.33. The number of aromatic nitrogens is 5. The van der Waals surface area contributed by atoms with Crippen LogP contribution in [0.5, 0.6) is 0 Å². The largest absolute Gasteiger partial charge is 0.293 e. The lowest BCUT2D eigenvalue weighted by atomic mass is 9.82. The zero-order valence-electron chi connectivity index (χ0n) is 24.7. The smallest absolute Gasteiger partial charge is 0.134 e. The zero-order valence-corrected chi connectivity index (χ0v) is 24.7. The molecule has 5 heterocycles. The summed E-state index contributed by atoms with van der Waals surface area (Å²) in [7, 11) is 0. The molecule has 0 saturated heterocycles. The van der Waals surface area contributed by atoms with Crippen molar-refractivity contribution in [1.29, 1.82) is 0 Å². The summed E-state index contributed by atoms with van der Waals surface area (Å²) in [5, 5.41) is 1.05. The molecule has 0 unspecified atom stereocenters. The summed E-state index contributed by atoms with van der Waals surface area (Å²) in [4.78, 5) is 14.8. The Kier molecular flexibility index (Phi) is 5.22. The number of nitrogens with zero attached hydrogens (tertiary/aromatic N) is 5. The SMILES string of the molecule is c1ccc(-n2c3cccnc3c3c4ncccc4n(-c4ccc5c(c4)-c4ccccc4-c4ncccc4-c4ccccc4-5)c32)cc1. The van der Waals surface area contributed by atoms with Crippen LogP contribution in [0.25, 0.3) is 89.1 Å². The van der Waals surface area contributed by atoms with Gasteiger partial charge in [0.2, 0.25) is 0 Å². The number of para-hydroxylation sites is 1. The maximum Gasteiger partial charge on any atom is 0.134 e. The number of fused-ring (bicyclic) bond motifs is 13. The molecule has 214 valence electrons. The third kappa shape index (κ3) is 3.42. The summed E-state index contributed by atoms with van der Waals surface area (Å²) in [5.74, 6) is 0.